The number of likely N-dealkylation sites (tertiary alicyclic amines) is 1. The first-order chi connectivity index (χ1) is 10.7. The van der Waals surface area contributed by atoms with E-state index in [1.807, 2.05) is 20.8 Å². The lowest BCUT2D eigenvalue weighted by Crippen LogP contribution is -2.61. The zero-order chi connectivity index (χ0) is 17.1. The third-order valence-electron chi connectivity index (χ3n) is 5.18. The van der Waals surface area contributed by atoms with Crippen LogP contribution >= 0.6 is 0 Å². The highest BCUT2D eigenvalue weighted by molar-refractivity contribution is 5.68. The van der Waals surface area contributed by atoms with E-state index in [-0.39, 0.29) is 12.1 Å². The minimum atomic E-state index is -0.982. The Bertz CT molecular complexity index is 400. The fourth-order valence-corrected chi connectivity index (χ4v) is 3.93. The van der Waals surface area contributed by atoms with E-state index in [1.54, 1.807) is 4.90 Å². The lowest BCUT2D eigenvalue weighted by atomic mass is 9.77. The summed E-state index contributed by atoms with van der Waals surface area (Å²) in [5, 5.41) is 11.1. The summed E-state index contributed by atoms with van der Waals surface area (Å²) in [6.07, 6.45) is 8.22. The summed E-state index contributed by atoms with van der Waals surface area (Å²) >= 11 is 0. The quantitative estimate of drug-likeness (QED) is 0.765. The summed E-state index contributed by atoms with van der Waals surface area (Å²) in [7, 11) is 0. The lowest BCUT2D eigenvalue weighted by Gasteiger charge is -2.45. The summed E-state index contributed by atoms with van der Waals surface area (Å²) in [4.78, 5) is 13.9. The van der Waals surface area contributed by atoms with Crippen molar-refractivity contribution in [3.8, 4) is 0 Å². The molecule has 1 aliphatic carbocycles. The smallest absolute Gasteiger partial charge is 0.410 e. The maximum absolute atomic E-state index is 12.3. The molecular weight excluding hydrogens is 292 g/mol. The zero-order valence-electron chi connectivity index (χ0n) is 15.0. The molecule has 0 spiro atoms. The highest BCUT2D eigenvalue weighted by Crippen LogP contribution is 2.34. The number of carbonyl (C=O) groups is 1. The SMILES string of the molecule is CC(C)(C)OC(=O)N1CCCC(O)(C(N)C2CCCCCC2)C1. The van der Waals surface area contributed by atoms with Gasteiger partial charge in [0.05, 0.1) is 12.1 Å². The van der Waals surface area contributed by atoms with E-state index in [1.165, 1.54) is 25.7 Å². The molecular formula is C18H34N2O3. The molecule has 0 radical (unpaired) electrons. The predicted octanol–water partition coefficient (Wildman–Crippen LogP) is 3.05. The Morgan fingerprint density at radius 1 is 1.22 bits per heavy atom. The molecule has 0 aromatic heterocycles. The zero-order valence-corrected chi connectivity index (χ0v) is 15.0. The Morgan fingerprint density at radius 2 is 1.83 bits per heavy atom. The van der Waals surface area contributed by atoms with Gasteiger partial charge in [0.2, 0.25) is 0 Å². The third kappa shape index (κ3) is 5.08. The van der Waals surface area contributed by atoms with E-state index in [0.29, 0.717) is 25.4 Å². The van der Waals surface area contributed by atoms with E-state index in [0.717, 1.165) is 19.3 Å². The van der Waals surface area contributed by atoms with Crippen molar-refractivity contribution in [2.24, 2.45) is 11.7 Å². The molecule has 2 unspecified atom stereocenters. The van der Waals surface area contributed by atoms with Crippen molar-refractivity contribution < 1.29 is 14.6 Å². The summed E-state index contributed by atoms with van der Waals surface area (Å²) in [5.74, 6) is 0.362. The number of nitrogens with two attached hydrogens (primary N) is 1. The van der Waals surface area contributed by atoms with E-state index < -0.39 is 11.2 Å². The highest BCUT2D eigenvalue weighted by atomic mass is 16.6. The molecule has 1 aliphatic heterocycles. The van der Waals surface area contributed by atoms with Gasteiger partial charge < -0.3 is 20.5 Å². The van der Waals surface area contributed by atoms with Gasteiger partial charge in [0.1, 0.15) is 5.60 Å². The molecule has 2 fully saturated rings. The topological polar surface area (TPSA) is 75.8 Å². The fourth-order valence-electron chi connectivity index (χ4n) is 3.93. The number of hydrogen-bond acceptors (Lipinski definition) is 4. The molecule has 0 bridgehead atoms. The van der Waals surface area contributed by atoms with Gasteiger partial charge in [-0.25, -0.2) is 4.79 Å². The van der Waals surface area contributed by atoms with Crippen LogP contribution in [0.5, 0.6) is 0 Å². The molecule has 134 valence electrons. The normalized spacial score (nSPS) is 29.0. The second-order valence-corrected chi connectivity index (χ2v) is 8.39. The molecule has 2 atom stereocenters. The van der Waals surface area contributed by atoms with Gasteiger partial charge in [0, 0.05) is 12.6 Å². The second kappa shape index (κ2) is 7.39. The van der Waals surface area contributed by atoms with Crippen LogP contribution in [0.4, 0.5) is 4.79 Å². The number of nitrogens with zero attached hydrogens (tertiary/aromatic N) is 1. The molecule has 1 saturated carbocycles. The van der Waals surface area contributed by atoms with Crippen molar-refractivity contribution in [2.75, 3.05) is 13.1 Å². The maximum Gasteiger partial charge on any atom is 0.410 e. The van der Waals surface area contributed by atoms with E-state index in [9.17, 15) is 9.90 Å². The molecule has 1 saturated heterocycles. The largest absolute Gasteiger partial charge is 0.444 e. The Morgan fingerprint density at radius 3 is 2.39 bits per heavy atom. The lowest BCUT2D eigenvalue weighted by molar-refractivity contribution is -0.0683. The average Bonchev–Trinajstić information content (AvgIpc) is 2.73. The van der Waals surface area contributed by atoms with E-state index >= 15 is 0 Å². The van der Waals surface area contributed by atoms with Gasteiger partial charge in [0.15, 0.2) is 0 Å². The summed E-state index contributed by atoms with van der Waals surface area (Å²) in [5.41, 5.74) is 4.99. The van der Waals surface area contributed by atoms with Crippen molar-refractivity contribution in [1.29, 1.82) is 0 Å². The van der Waals surface area contributed by atoms with Gasteiger partial charge in [-0.3, -0.25) is 0 Å². The highest BCUT2D eigenvalue weighted by Gasteiger charge is 2.44. The minimum Gasteiger partial charge on any atom is -0.444 e. The molecule has 3 N–H and O–H groups in total. The van der Waals surface area contributed by atoms with E-state index in [4.69, 9.17) is 10.5 Å². The standard InChI is InChI=1S/C18H34N2O3/c1-17(2,3)23-16(21)20-12-8-11-18(22,13-20)15(19)14-9-6-4-5-7-10-14/h14-15,22H,4-13,19H2,1-3H3. The molecule has 2 aliphatic rings. The molecule has 0 aromatic rings. The summed E-state index contributed by atoms with van der Waals surface area (Å²) in [6.45, 7) is 6.50. The van der Waals surface area contributed by atoms with Crippen LogP contribution in [0.25, 0.3) is 0 Å². The Balaban J connectivity index is 2.00. The second-order valence-electron chi connectivity index (χ2n) is 8.39. The third-order valence-corrected chi connectivity index (χ3v) is 5.18. The average molecular weight is 326 g/mol. The van der Waals surface area contributed by atoms with Crippen LogP contribution in [0.15, 0.2) is 0 Å². The number of carbonyl (C=O) groups excluding carboxylic acids is 1. The summed E-state index contributed by atoms with van der Waals surface area (Å²) in [6, 6.07) is -0.258. The molecule has 23 heavy (non-hydrogen) atoms. The van der Waals surface area contributed by atoms with Gasteiger partial charge in [-0.05, 0) is 52.4 Å². The van der Waals surface area contributed by atoms with E-state index in [2.05, 4.69) is 0 Å². The van der Waals surface area contributed by atoms with Crippen molar-refractivity contribution in [1.82, 2.24) is 4.90 Å². The number of piperidine rings is 1. The number of aliphatic hydroxyl groups is 1. The van der Waals surface area contributed by atoms with Crippen LogP contribution in [0.2, 0.25) is 0 Å². The van der Waals surface area contributed by atoms with Crippen molar-refractivity contribution >= 4 is 6.09 Å². The first kappa shape index (κ1) is 18.5. The number of amides is 1. The molecule has 0 aromatic carbocycles. The van der Waals surface area contributed by atoms with Gasteiger partial charge in [-0.2, -0.15) is 0 Å². The van der Waals surface area contributed by atoms with Crippen LogP contribution in [0.1, 0.15) is 72.1 Å². The number of ether oxygens (including phenoxy) is 1. The maximum atomic E-state index is 12.3. The molecule has 1 amide bonds. The monoisotopic (exact) mass is 326 g/mol. The summed E-state index contributed by atoms with van der Waals surface area (Å²) < 4.78 is 5.45. The molecule has 2 rings (SSSR count). The first-order valence-corrected chi connectivity index (χ1v) is 9.17. The Kier molecular flexibility index (Phi) is 5.95. The van der Waals surface area contributed by atoms with Crippen LogP contribution in [-0.4, -0.2) is 46.4 Å². The Hall–Kier alpha value is -0.810. The molecule has 5 nitrogen and oxygen atoms in total. The van der Waals surface area contributed by atoms with Crippen molar-refractivity contribution in [3.05, 3.63) is 0 Å². The molecule has 1 heterocycles. The van der Waals surface area contributed by atoms with Gasteiger partial charge in [-0.15, -0.1) is 0 Å². The molecule has 5 heteroatoms. The number of β-amino-alcohol motifs (C(OH)–C–C–N with tert-alkyl or cyclic N) is 1. The van der Waals surface area contributed by atoms with Crippen LogP contribution in [0, 0.1) is 5.92 Å². The van der Waals surface area contributed by atoms with Gasteiger partial charge in [0.25, 0.3) is 0 Å². The van der Waals surface area contributed by atoms with Crippen molar-refractivity contribution in [3.63, 3.8) is 0 Å². The number of hydrogen-bond donors (Lipinski definition) is 2. The van der Waals surface area contributed by atoms with Crippen molar-refractivity contribution in [2.45, 2.75) is 89.4 Å². The van der Waals surface area contributed by atoms with Crippen LogP contribution < -0.4 is 5.73 Å². The predicted molar refractivity (Wildman–Crippen MR) is 91.2 cm³/mol. The van der Waals surface area contributed by atoms with Gasteiger partial charge >= 0.3 is 6.09 Å². The minimum absolute atomic E-state index is 0.258. The first-order valence-electron chi connectivity index (χ1n) is 9.17. The fraction of sp³-hybridized carbons (Fsp3) is 0.944. The van der Waals surface area contributed by atoms with Crippen LogP contribution in [-0.2, 0) is 4.74 Å². The van der Waals surface area contributed by atoms with Crippen LogP contribution in [0.3, 0.4) is 0 Å². The Labute approximate surface area is 140 Å². The van der Waals surface area contributed by atoms with Gasteiger partial charge in [-0.1, -0.05) is 25.7 Å². The number of rotatable bonds is 2.